The van der Waals surface area contributed by atoms with Crippen molar-refractivity contribution in [2.75, 3.05) is 18.0 Å². The summed E-state index contributed by atoms with van der Waals surface area (Å²) in [6.45, 7) is 19.3. The van der Waals surface area contributed by atoms with Crippen LogP contribution in [0.25, 0.3) is 6.08 Å². The molecule has 0 bridgehead atoms. The minimum absolute atomic E-state index is 0.0745. The van der Waals surface area contributed by atoms with Gasteiger partial charge in [0.2, 0.25) is 0 Å². The second-order valence-electron chi connectivity index (χ2n) is 8.07. The van der Waals surface area contributed by atoms with E-state index in [1.165, 1.54) is 0 Å². The zero-order valence-electron chi connectivity index (χ0n) is 23.7. The summed E-state index contributed by atoms with van der Waals surface area (Å²) in [5.41, 5.74) is 3.47. The van der Waals surface area contributed by atoms with Gasteiger partial charge in [-0.1, -0.05) is 75.7 Å². The van der Waals surface area contributed by atoms with Gasteiger partial charge in [0.1, 0.15) is 33.3 Å². The molecule has 1 saturated heterocycles. The van der Waals surface area contributed by atoms with Crippen LogP contribution in [0.2, 0.25) is 0 Å². The molecule has 3 rings (SSSR count). The van der Waals surface area contributed by atoms with Crippen molar-refractivity contribution in [3.05, 3.63) is 69.6 Å². The molecule has 39 heavy (non-hydrogen) atoms. The number of carbonyl (C=O) groups is 1. The van der Waals surface area contributed by atoms with Gasteiger partial charge in [-0.25, -0.2) is 0 Å². The first-order chi connectivity index (χ1) is 18.9. The average molecular weight is 572 g/mol. The van der Waals surface area contributed by atoms with Gasteiger partial charge in [-0.2, -0.15) is 5.26 Å². The van der Waals surface area contributed by atoms with Crippen LogP contribution in [0, 0.1) is 18.3 Å². The average Bonchev–Trinajstić information content (AvgIpc) is 3.30. The fraction of sp³-hybridized carbons (Fsp3) is 0.400. The third-order valence-electron chi connectivity index (χ3n) is 5.96. The molecule has 1 aliphatic rings. The number of hydrogen-bond donors (Lipinski definition) is 1. The number of rotatable bonds is 9. The predicted octanol–water partition coefficient (Wildman–Crippen LogP) is 7.89. The van der Waals surface area contributed by atoms with Crippen LogP contribution in [0.4, 0.5) is 11.5 Å². The van der Waals surface area contributed by atoms with Crippen molar-refractivity contribution < 1.29 is 4.79 Å². The Hall–Kier alpha value is -3.34. The summed E-state index contributed by atoms with van der Waals surface area (Å²) in [5, 5.41) is 12.9. The molecule has 0 atom stereocenters. The minimum Gasteiger partial charge on any atom is -0.357 e. The first-order valence-electron chi connectivity index (χ1n) is 13.3. The van der Waals surface area contributed by atoms with Crippen molar-refractivity contribution in [1.29, 1.82) is 5.26 Å². The molecule has 0 aliphatic carbocycles. The van der Waals surface area contributed by atoms with E-state index in [1.807, 2.05) is 52.8 Å². The summed E-state index contributed by atoms with van der Waals surface area (Å²) in [5.74, 6) is 0.246. The molecule has 0 aromatic carbocycles. The molecule has 1 N–H and O–H groups in total. The number of anilines is 1. The van der Waals surface area contributed by atoms with Crippen LogP contribution >= 0.6 is 23.2 Å². The maximum atomic E-state index is 13.5. The molecular formula is C30H40Cl2N6O. The Morgan fingerprint density at radius 2 is 1.90 bits per heavy atom. The highest BCUT2D eigenvalue weighted by Crippen LogP contribution is 2.38. The summed E-state index contributed by atoms with van der Waals surface area (Å²) in [6.07, 6.45) is 11.9. The Balaban J connectivity index is 0.00000181. The number of pyridine rings is 1. The summed E-state index contributed by atoms with van der Waals surface area (Å²) in [7, 11) is 0. The Morgan fingerprint density at radius 3 is 2.46 bits per heavy atom. The topological polar surface area (TPSA) is 86.3 Å². The number of nitriles is 1. The number of amides is 1. The van der Waals surface area contributed by atoms with Crippen molar-refractivity contribution in [3.63, 3.8) is 0 Å². The number of hydrogen-bond acceptors (Lipinski definition) is 5. The van der Waals surface area contributed by atoms with E-state index in [9.17, 15) is 10.1 Å². The molecule has 210 valence electrons. The van der Waals surface area contributed by atoms with Crippen LogP contribution in [-0.4, -0.2) is 35.3 Å². The first kappa shape index (κ1) is 33.7. The normalized spacial score (nSPS) is 12.3. The summed E-state index contributed by atoms with van der Waals surface area (Å²) in [4.78, 5) is 24.1. The fourth-order valence-corrected chi connectivity index (χ4v) is 4.36. The first-order valence-corrected chi connectivity index (χ1v) is 14.1. The van der Waals surface area contributed by atoms with Gasteiger partial charge in [0.25, 0.3) is 5.91 Å². The second-order valence-corrected chi connectivity index (χ2v) is 9.08. The van der Waals surface area contributed by atoms with E-state index >= 15 is 0 Å². The van der Waals surface area contributed by atoms with Gasteiger partial charge in [-0.05, 0) is 56.2 Å². The van der Waals surface area contributed by atoms with E-state index in [0.29, 0.717) is 11.4 Å². The molecule has 0 spiro atoms. The van der Waals surface area contributed by atoms with E-state index in [1.54, 1.807) is 22.9 Å². The number of nitrogens with one attached hydrogen (secondary N) is 1. The van der Waals surface area contributed by atoms with E-state index in [0.717, 1.165) is 49.2 Å². The molecule has 2 aromatic heterocycles. The zero-order chi connectivity index (χ0) is 29.4. The Morgan fingerprint density at radius 1 is 1.23 bits per heavy atom. The van der Waals surface area contributed by atoms with Crippen LogP contribution in [0.5, 0.6) is 0 Å². The van der Waals surface area contributed by atoms with Crippen LogP contribution in [0.3, 0.4) is 0 Å². The van der Waals surface area contributed by atoms with Gasteiger partial charge in [-0.15, -0.1) is 0 Å². The number of nitrogens with zero attached hydrogens (tertiary/aromatic N) is 5. The lowest BCUT2D eigenvalue weighted by Crippen LogP contribution is -2.33. The largest absolute Gasteiger partial charge is 0.357 e. The second kappa shape index (κ2) is 18.0. The van der Waals surface area contributed by atoms with Gasteiger partial charge in [0.15, 0.2) is 0 Å². The van der Waals surface area contributed by atoms with Gasteiger partial charge in [0.05, 0.1) is 12.2 Å². The van der Waals surface area contributed by atoms with Crippen LogP contribution in [-0.2, 0) is 13.1 Å². The molecule has 1 amide bonds. The summed E-state index contributed by atoms with van der Waals surface area (Å²) in [6, 6.07) is 4.14. The highest BCUT2D eigenvalue weighted by molar-refractivity contribution is 6.55. The molecule has 2 aromatic rings. The lowest BCUT2D eigenvalue weighted by atomic mass is 10.1. The van der Waals surface area contributed by atoms with Gasteiger partial charge in [-0.3, -0.25) is 14.8 Å². The third kappa shape index (κ3) is 8.84. The molecule has 1 fully saturated rings. The van der Waals surface area contributed by atoms with E-state index < -0.39 is 0 Å². The van der Waals surface area contributed by atoms with Crippen LogP contribution in [0.1, 0.15) is 79.8 Å². The maximum Gasteiger partial charge on any atom is 0.270 e. The number of aromatic nitrogens is 2. The quantitative estimate of drug-likeness (QED) is 0.245. The van der Waals surface area contributed by atoms with E-state index in [4.69, 9.17) is 23.2 Å². The van der Waals surface area contributed by atoms with Gasteiger partial charge < -0.3 is 14.8 Å². The van der Waals surface area contributed by atoms with E-state index in [2.05, 4.69) is 39.6 Å². The smallest absolute Gasteiger partial charge is 0.270 e. The Bertz CT molecular complexity index is 1210. The van der Waals surface area contributed by atoms with Crippen molar-refractivity contribution in [3.8, 4) is 6.07 Å². The van der Waals surface area contributed by atoms with Crippen LogP contribution in [0.15, 0.2) is 46.6 Å². The molecule has 9 heteroatoms. The fourth-order valence-electron chi connectivity index (χ4n) is 4.23. The van der Waals surface area contributed by atoms with Crippen molar-refractivity contribution in [2.24, 2.45) is 4.99 Å². The standard InChI is InChI=1S/C26H28Cl2N6O.2C2H6/c1-4-5-9-19-10-12-31-21(18(19)2)17-32-25(35)24-23(30-3)20(16-29)26(33-13-7-6-8-14-33)34(24)15-11-22(27)28;2*1-2/h4-5,9-12H,1,3,6-8,13-15,17H2,2H3,(H,32,35);2*1-2H3/b9-5-;;. The number of allylic oxidation sites excluding steroid dienone is 3. The van der Waals surface area contributed by atoms with Crippen LogP contribution < -0.4 is 10.2 Å². The zero-order valence-corrected chi connectivity index (χ0v) is 25.2. The molecule has 0 saturated carbocycles. The van der Waals surface area contributed by atoms with Gasteiger partial charge >= 0.3 is 0 Å². The molecule has 1 aliphatic heterocycles. The predicted molar refractivity (Wildman–Crippen MR) is 166 cm³/mol. The van der Waals surface area contributed by atoms with Crippen molar-refractivity contribution in [1.82, 2.24) is 14.9 Å². The van der Waals surface area contributed by atoms with Crippen molar-refractivity contribution >= 4 is 53.4 Å². The molecule has 0 unspecified atom stereocenters. The minimum atomic E-state index is -0.389. The number of piperidine rings is 1. The monoisotopic (exact) mass is 570 g/mol. The van der Waals surface area contributed by atoms with Gasteiger partial charge in [0, 0.05) is 25.8 Å². The Labute approximate surface area is 243 Å². The number of aliphatic imine (C=N–C) groups is 1. The highest BCUT2D eigenvalue weighted by atomic mass is 35.5. The summed E-state index contributed by atoms with van der Waals surface area (Å²) >= 11 is 11.8. The Kier molecular flexibility index (Phi) is 15.6. The molecule has 7 nitrogen and oxygen atoms in total. The molecule has 0 radical (unpaired) electrons. The van der Waals surface area contributed by atoms with E-state index in [-0.39, 0.29) is 34.9 Å². The SMILES string of the molecule is C=C/C=C\c1ccnc(CNC(=O)c2c(N=C)c(C#N)c(N3CCCCC3)n2CC=C(Cl)Cl)c1C.CC.CC. The number of carbonyl (C=O) groups excluding carboxylic acids is 1. The molecular weight excluding hydrogens is 531 g/mol. The lowest BCUT2D eigenvalue weighted by Gasteiger charge is -2.30. The highest BCUT2D eigenvalue weighted by Gasteiger charge is 2.30. The maximum absolute atomic E-state index is 13.5. The molecule has 3 heterocycles. The summed E-state index contributed by atoms with van der Waals surface area (Å²) < 4.78 is 1.82. The van der Waals surface area contributed by atoms with Crippen molar-refractivity contribution in [2.45, 2.75) is 67.0 Å². The number of halogens is 2. The lowest BCUT2D eigenvalue weighted by molar-refractivity contribution is 0.0942. The third-order valence-corrected chi connectivity index (χ3v) is 6.27.